The summed E-state index contributed by atoms with van der Waals surface area (Å²) in [6, 6.07) is 2.25. The minimum absolute atomic E-state index is 0.241. The normalized spacial score (nSPS) is 12.1. The molecule has 0 saturated carbocycles. The molecule has 0 atom stereocenters. The third-order valence-electron chi connectivity index (χ3n) is 2.35. The van der Waals surface area contributed by atoms with Crippen molar-refractivity contribution in [2.24, 2.45) is 5.73 Å². The number of nitrogens with zero attached hydrogens (tertiary/aromatic N) is 1. The van der Waals surface area contributed by atoms with E-state index in [9.17, 15) is 0 Å². The highest BCUT2D eigenvalue weighted by atomic mass is 15.0. The van der Waals surface area contributed by atoms with Crippen LogP contribution in [-0.2, 0) is 12.0 Å². The Bertz CT molecular complexity index is 279. The topological polar surface area (TPSA) is 30.9 Å². The SMILES string of the molecule is Cc1cc(C(C)(C)C)cn1CCN. The molecule has 0 aliphatic heterocycles. The first-order valence-electron chi connectivity index (χ1n) is 4.82. The van der Waals surface area contributed by atoms with Crippen LogP contribution < -0.4 is 5.73 Å². The summed E-state index contributed by atoms with van der Waals surface area (Å²) in [5.74, 6) is 0. The molecule has 1 rings (SSSR count). The molecule has 1 aromatic rings. The summed E-state index contributed by atoms with van der Waals surface area (Å²) in [6.45, 7) is 10.4. The predicted octanol–water partition coefficient (Wildman–Crippen LogP) is 2.05. The summed E-state index contributed by atoms with van der Waals surface area (Å²) in [5, 5.41) is 0. The second kappa shape index (κ2) is 3.54. The van der Waals surface area contributed by atoms with Crippen molar-refractivity contribution in [2.75, 3.05) is 6.54 Å². The molecule has 0 saturated heterocycles. The number of hydrogen-bond donors (Lipinski definition) is 1. The molecule has 2 N–H and O–H groups in total. The number of rotatable bonds is 2. The van der Waals surface area contributed by atoms with Crippen LogP contribution >= 0.6 is 0 Å². The quantitative estimate of drug-likeness (QED) is 0.742. The fraction of sp³-hybridized carbons (Fsp3) is 0.636. The highest BCUT2D eigenvalue weighted by molar-refractivity contribution is 5.24. The third kappa shape index (κ3) is 2.34. The van der Waals surface area contributed by atoms with Gasteiger partial charge in [-0.2, -0.15) is 0 Å². The van der Waals surface area contributed by atoms with E-state index in [1.807, 2.05) is 0 Å². The van der Waals surface area contributed by atoms with Gasteiger partial charge in [-0.1, -0.05) is 20.8 Å². The maximum Gasteiger partial charge on any atom is 0.0345 e. The van der Waals surface area contributed by atoms with E-state index in [1.165, 1.54) is 11.3 Å². The smallest absolute Gasteiger partial charge is 0.0345 e. The van der Waals surface area contributed by atoms with E-state index in [1.54, 1.807) is 0 Å². The molecule has 0 unspecified atom stereocenters. The Morgan fingerprint density at radius 1 is 1.38 bits per heavy atom. The maximum atomic E-state index is 5.53. The van der Waals surface area contributed by atoms with Gasteiger partial charge < -0.3 is 10.3 Å². The lowest BCUT2D eigenvalue weighted by Gasteiger charge is -2.15. The Morgan fingerprint density at radius 2 is 2.00 bits per heavy atom. The molecule has 0 amide bonds. The largest absolute Gasteiger partial charge is 0.350 e. The fourth-order valence-electron chi connectivity index (χ4n) is 1.41. The van der Waals surface area contributed by atoms with E-state index in [-0.39, 0.29) is 5.41 Å². The predicted molar refractivity (Wildman–Crippen MR) is 56.9 cm³/mol. The third-order valence-corrected chi connectivity index (χ3v) is 2.35. The van der Waals surface area contributed by atoms with Crippen molar-refractivity contribution < 1.29 is 0 Å². The molecule has 0 aliphatic carbocycles. The fourth-order valence-corrected chi connectivity index (χ4v) is 1.41. The summed E-state index contributed by atoms with van der Waals surface area (Å²) >= 11 is 0. The average Bonchev–Trinajstić information content (AvgIpc) is 2.32. The van der Waals surface area contributed by atoms with Gasteiger partial charge in [0, 0.05) is 25.0 Å². The Kier molecular flexibility index (Phi) is 2.81. The van der Waals surface area contributed by atoms with Gasteiger partial charge in [-0.25, -0.2) is 0 Å². The van der Waals surface area contributed by atoms with E-state index in [0.717, 1.165) is 6.54 Å². The number of aromatic nitrogens is 1. The molecule has 2 heteroatoms. The summed E-state index contributed by atoms with van der Waals surface area (Å²) in [5.41, 5.74) is 8.46. The van der Waals surface area contributed by atoms with Crippen LogP contribution in [0.1, 0.15) is 32.0 Å². The lowest BCUT2D eigenvalue weighted by molar-refractivity contribution is 0.586. The molecule has 1 aromatic heterocycles. The van der Waals surface area contributed by atoms with E-state index in [4.69, 9.17) is 5.73 Å². The van der Waals surface area contributed by atoms with Crippen LogP contribution in [0.5, 0.6) is 0 Å². The molecule has 74 valence electrons. The van der Waals surface area contributed by atoms with Crippen molar-refractivity contribution in [3.8, 4) is 0 Å². The summed E-state index contributed by atoms with van der Waals surface area (Å²) in [6.07, 6.45) is 2.21. The van der Waals surface area contributed by atoms with Crippen molar-refractivity contribution in [1.82, 2.24) is 4.57 Å². The van der Waals surface area contributed by atoms with Gasteiger partial charge in [-0.15, -0.1) is 0 Å². The Labute approximate surface area is 80.7 Å². The van der Waals surface area contributed by atoms with Gasteiger partial charge >= 0.3 is 0 Å². The van der Waals surface area contributed by atoms with E-state index >= 15 is 0 Å². The first kappa shape index (κ1) is 10.3. The molecule has 0 spiro atoms. The zero-order valence-electron chi connectivity index (χ0n) is 9.09. The summed E-state index contributed by atoms with van der Waals surface area (Å²) in [4.78, 5) is 0. The molecule has 0 aromatic carbocycles. The summed E-state index contributed by atoms with van der Waals surface area (Å²) < 4.78 is 2.22. The van der Waals surface area contributed by atoms with Crippen LogP contribution in [0.3, 0.4) is 0 Å². The zero-order chi connectivity index (χ0) is 10.1. The minimum Gasteiger partial charge on any atom is -0.350 e. The van der Waals surface area contributed by atoms with Crippen LogP contribution in [0.2, 0.25) is 0 Å². The van der Waals surface area contributed by atoms with Crippen molar-refractivity contribution in [1.29, 1.82) is 0 Å². The number of aryl methyl sites for hydroxylation is 1. The van der Waals surface area contributed by atoms with Crippen molar-refractivity contribution >= 4 is 0 Å². The molecule has 0 bridgehead atoms. The number of nitrogens with two attached hydrogens (primary N) is 1. The van der Waals surface area contributed by atoms with Gasteiger partial charge in [0.05, 0.1) is 0 Å². The Morgan fingerprint density at radius 3 is 2.38 bits per heavy atom. The van der Waals surface area contributed by atoms with Crippen molar-refractivity contribution in [3.63, 3.8) is 0 Å². The van der Waals surface area contributed by atoms with Gasteiger partial charge in [0.2, 0.25) is 0 Å². The van der Waals surface area contributed by atoms with Gasteiger partial charge in [-0.05, 0) is 24.0 Å². The number of hydrogen-bond acceptors (Lipinski definition) is 1. The van der Waals surface area contributed by atoms with Gasteiger partial charge in [0.25, 0.3) is 0 Å². The Balaban J connectivity index is 2.95. The summed E-state index contributed by atoms with van der Waals surface area (Å²) in [7, 11) is 0. The zero-order valence-corrected chi connectivity index (χ0v) is 9.09. The second-order valence-corrected chi connectivity index (χ2v) is 4.60. The molecule has 1 heterocycles. The van der Waals surface area contributed by atoms with Crippen LogP contribution in [0.25, 0.3) is 0 Å². The standard InChI is InChI=1S/C11H20N2/c1-9-7-10(11(2,3)4)8-13(9)6-5-12/h7-8H,5-6,12H2,1-4H3. The van der Waals surface area contributed by atoms with Gasteiger partial charge in [-0.3, -0.25) is 0 Å². The van der Waals surface area contributed by atoms with Crippen LogP contribution in [0.15, 0.2) is 12.3 Å². The monoisotopic (exact) mass is 180 g/mol. The first-order chi connectivity index (χ1) is 5.95. The van der Waals surface area contributed by atoms with E-state index in [0.29, 0.717) is 6.54 Å². The molecule has 13 heavy (non-hydrogen) atoms. The van der Waals surface area contributed by atoms with Gasteiger partial charge in [0.1, 0.15) is 0 Å². The first-order valence-corrected chi connectivity index (χ1v) is 4.82. The second-order valence-electron chi connectivity index (χ2n) is 4.60. The molecular weight excluding hydrogens is 160 g/mol. The Hall–Kier alpha value is -0.760. The molecular formula is C11H20N2. The average molecular weight is 180 g/mol. The van der Waals surface area contributed by atoms with Crippen molar-refractivity contribution in [3.05, 3.63) is 23.5 Å². The van der Waals surface area contributed by atoms with Crippen molar-refractivity contribution in [2.45, 2.75) is 39.7 Å². The molecule has 2 nitrogen and oxygen atoms in total. The van der Waals surface area contributed by atoms with E-state index < -0.39 is 0 Å². The lowest BCUT2D eigenvalue weighted by Crippen LogP contribution is -2.11. The highest BCUT2D eigenvalue weighted by Crippen LogP contribution is 2.23. The van der Waals surface area contributed by atoms with Crippen LogP contribution in [0, 0.1) is 6.92 Å². The van der Waals surface area contributed by atoms with Gasteiger partial charge in [0.15, 0.2) is 0 Å². The maximum absolute atomic E-state index is 5.53. The molecule has 0 fully saturated rings. The molecule has 0 aliphatic rings. The van der Waals surface area contributed by atoms with Crippen LogP contribution in [-0.4, -0.2) is 11.1 Å². The van der Waals surface area contributed by atoms with Crippen LogP contribution in [0.4, 0.5) is 0 Å². The lowest BCUT2D eigenvalue weighted by atomic mass is 9.89. The molecule has 0 radical (unpaired) electrons. The highest BCUT2D eigenvalue weighted by Gasteiger charge is 2.15. The minimum atomic E-state index is 0.241. The van der Waals surface area contributed by atoms with E-state index in [2.05, 4.69) is 44.5 Å².